The number of guanidine groups is 1. The Labute approximate surface area is 215 Å². The van der Waals surface area contributed by atoms with E-state index in [-0.39, 0.29) is 29.6 Å². The van der Waals surface area contributed by atoms with E-state index >= 15 is 0 Å². The summed E-state index contributed by atoms with van der Waals surface area (Å²) in [5.41, 5.74) is 0.890. The number of hydrogen-bond donors (Lipinski definition) is 2. The third-order valence-corrected chi connectivity index (χ3v) is 5.21. The number of benzene rings is 1. The van der Waals surface area contributed by atoms with Gasteiger partial charge in [0.25, 0.3) is 0 Å². The zero-order chi connectivity index (χ0) is 22.8. The maximum Gasteiger partial charge on any atom is 0.225 e. The Bertz CT molecular complexity index is 849. The van der Waals surface area contributed by atoms with Crippen LogP contribution in [0.2, 0.25) is 0 Å². The van der Waals surface area contributed by atoms with Crippen molar-refractivity contribution in [3.63, 3.8) is 0 Å². The molecule has 1 aromatic carbocycles. The highest BCUT2D eigenvalue weighted by Crippen LogP contribution is 2.22. The van der Waals surface area contributed by atoms with Gasteiger partial charge in [0.15, 0.2) is 5.96 Å². The van der Waals surface area contributed by atoms with Crippen LogP contribution in [-0.4, -0.2) is 72.7 Å². The summed E-state index contributed by atoms with van der Waals surface area (Å²) in [6.45, 7) is 12.8. The van der Waals surface area contributed by atoms with E-state index in [1.165, 1.54) is 0 Å². The van der Waals surface area contributed by atoms with Gasteiger partial charge < -0.3 is 20.3 Å². The van der Waals surface area contributed by atoms with Crippen LogP contribution < -0.4 is 20.3 Å². The molecule has 2 N–H and O–H groups in total. The second-order valence-corrected chi connectivity index (χ2v) is 8.91. The highest BCUT2D eigenvalue weighted by Gasteiger charge is 2.18. The first-order chi connectivity index (χ1) is 15.4. The standard InChI is InChI=1S/C24H37N7O.HI/c1-24(2,3)32-21-10-6-5-9-20(21)19-29-22(25-4)26-13-8-14-30-15-17-31(18-16-30)23-27-11-7-12-28-23;/h5-7,9-12H,8,13-19H2,1-4H3,(H2,25,26,29);1H. The third kappa shape index (κ3) is 9.32. The van der Waals surface area contributed by atoms with E-state index in [4.69, 9.17) is 4.74 Å². The topological polar surface area (TPSA) is 77.9 Å². The van der Waals surface area contributed by atoms with E-state index < -0.39 is 0 Å². The van der Waals surface area contributed by atoms with Gasteiger partial charge in [0.2, 0.25) is 5.95 Å². The molecule has 33 heavy (non-hydrogen) atoms. The molecular formula is C24H38IN7O. The van der Waals surface area contributed by atoms with E-state index in [0.717, 1.165) is 68.9 Å². The number of rotatable bonds is 8. The summed E-state index contributed by atoms with van der Waals surface area (Å²) < 4.78 is 6.08. The highest BCUT2D eigenvalue weighted by molar-refractivity contribution is 14.0. The molecule has 0 atom stereocenters. The number of halogens is 1. The molecule has 1 aliphatic rings. The van der Waals surface area contributed by atoms with Crippen LogP contribution in [0.1, 0.15) is 32.8 Å². The van der Waals surface area contributed by atoms with Crippen LogP contribution in [0.25, 0.3) is 0 Å². The number of aliphatic imine (C=N–C) groups is 1. The molecule has 9 heteroatoms. The van der Waals surface area contributed by atoms with Gasteiger partial charge in [-0.25, -0.2) is 9.97 Å². The molecule has 1 aliphatic heterocycles. The Morgan fingerprint density at radius 1 is 1.03 bits per heavy atom. The Morgan fingerprint density at radius 2 is 1.73 bits per heavy atom. The molecule has 0 radical (unpaired) electrons. The lowest BCUT2D eigenvalue weighted by atomic mass is 10.1. The van der Waals surface area contributed by atoms with Crippen LogP contribution >= 0.6 is 24.0 Å². The Morgan fingerprint density at radius 3 is 2.39 bits per heavy atom. The predicted octanol–water partition coefficient (Wildman–Crippen LogP) is 3.15. The molecule has 2 aromatic rings. The first-order valence-corrected chi connectivity index (χ1v) is 11.4. The van der Waals surface area contributed by atoms with E-state index in [2.05, 4.69) is 62.2 Å². The fraction of sp³-hybridized carbons (Fsp3) is 0.542. The van der Waals surface area contributed by atoms with Crippen molar-refractivity contribution in [1.82, 2.24) is 25.5 Å². The number of hydrogen-bond acceptors (Lipinski definition) is 6. The van der Waals surface area contributed by atoms with Crippen molar-refractivity contribution < 1.29 is 4.74 Å². The van der Waals surface area contributed by atoms with Gasteiger partial charge in [0.05, 0.1) is 0 Å². The maximum atomic E-state index is 6.08. The number of nitrogens with zero attached hydrogens (tertiary/aromatic N) is 5. The zero-order valence-corrected chi connectivity index (χ0v) is 22.6. The summed E-state index contributed by atoms with van der Waals surface area (Å²) in [6, 6.07) is 9.99. The van der Waals surface area contributed by atoms with E-state index in [1.807, 2.05) is 24.3 Å². The molecule has 1 saturated heterocycles. The molecule has 0 unspecified atom stereocenters. The number of piperazine rings is 1. The largest absolute Gasteiger partial charge is 0.488 e. The maximum absolute atomic E-state index is 6.08. The number of anilines is 1. The van der Waals surface area contributed by atoms with Crippen molar-refractivity contribution >= 4 is 35.9 Å². The lowest BCUT2D eigenvalue weighted by molar-refractivity contribution is 0.129. The minimum Gasteiger partial charge on any atom is -0.488 e. The fourth-order valence-electron chi connectivity index (χ4n) is 3.61. The first kappa shape index (κ1) is 27.1. The molecule has 182 valence electrons. The molecule has 0 amide bonds. The summed E-state index contributed by atoms with van der Waals surface area (Å²) in [5, 5.41) is 6.82. The van der Waals surface area contributed by atoms with Crippen LogP contribution in [0.15, 0.2) is 47.7 Å². The van der Waals surface area contributed by atoms with Gasteiger partial charge >= 0.3 is 0 Å². The van der Waals surface area contributed by atoms with Gasteiger partial charge in [0, 0.05) is 64.3 Å². The van der Waals surface area contributed by atoms with Gasteiger partial charge in [0.1, 0.15) is 11.4 Å². The third-order valence-electron chi connectivity index (χ3n) is 5.21. The monoisotopic (exact) mass is 567 g/mol. The summed E-state index contributed by atoms with van der Waals surface area (Å²) in [7, 11) is 1.80. The molecule has 0 saturated carbocycles. The van der Waals surface area contributed by atoms with Crippen LogP contribution in [-0.2, 0) is 6.54 Å². The number of ether oxygens (including phenoxy) is 1. The van der Waals surface area contributed by atoms with E-state index in [9.17, 15) is 0 Å². The highest BCUT2D eigenvalue weighted by atomic mass is 127. The van der Waals surface area contributed by atoms with Crippen molar-refractivity contribution in [3.8, 4) is 5.75 Å². The van der Waals surface area contributed by atoms with E-state index in [1.54, 1.807) is 19.4 Å². The quantitative estimate of drug-likeness (QED) is 0.220. The second-order valence-electron chi connectivity index (χ2n) is 8.91. The molecule has 8 nitrogen and oxygen atoms in total. The molecule has 3 rings (SSSR count). The van der Waals surface area contributed by atoms with Crippen molar-refractivity contribution in [2.24, 2.45) is 4.99 Å². The fourth-order valence-corrected chi connectivity index (χ4v) is 3.61. The smallest absolute Gasteiger partial charge is 0.225 e. The number of para-hydroxylation sites is 1. The summed E-state index contributed by atoms with van der Waals surface area (Å²) in [4.78, 5) is 17.8. The van der Waals surface area contributed by atoms with Crippen LogP contribution in [0.5, 0.6) is 5.75 Å². The SMILES string of the molecule is CN=C(NCCCN1CCN(c2ncccn2)CC1)NCc1ccccc1OC(C)(C)C.I. The molecule has 2 heterocycles. The van der Waals surface area contributed by atoms with Crippen molar-refractivity contribution in [1.29, 1.82) is 0 Å². The van der Waals surface area contributed by atoms with Gasteiger partial charge in [-0.3, -0.25) is 9.89 Å². The summed E-state index contributed by atoms with van der Waals surface area (Å²) >= 11 is 0. The normalized spacial score (nSPS) is 15.0. The van der Waals surface area contributed by atoms with Gasteiger partial charge in [-0.15, -0.1) is 24.0 Å². The number of aromatic nitrogens is 2. The average molecular weight is 568 g/mol. The minimum absolute atomic E-state index is 0. The molecule has 0 spiro atoms. The Balaban J connectivity index is 0.00000385. The Hall–Kier alpha value is -2.14. The molecule has 0 aliphatic carbocycles. The first-order valence-electron chi connectivity index (χ1n) is 11.4. The molecule has 1 aromatic heterocycles. The van der Waals surface area contributed by atoms with Crippen molar-refractivity contribution in [3.05, 3.63) is 48.3 Å². The zero-order valence-electron chi connectivity index (χ0n) is 20.3. The molecular weight excluding hydrogens is 529 g/mol. The van der Waals surface area contributed by atoms with Crippen molar-refractivity contribution in [2.45, 2.75) is 39.3 Å². The van der Waals surface area contributed by atoms with Crippen LogP contribution in [0, 0.1) is 0 Å². The summed E-state index contributed by atoms with van der Waals surface area (Å²) in [5.74, 6) is 2.54. The van der Waals surface area contributed by atoms with Crippen LogP contribution in [0.3, 0.4) is 0 Å². The molecule has 0 bridgehead atoms. The minimum atomic E-state index is -0.227. The van der Waals surface area contributed by atoms with Gasteiger partial charge in [-0.05, 0) is 45.9 Å². The van der Waals surface area contributed by atoms with Gasteiger partial charge in [-0.1, -0.05) is 18.2 Å². The lowest BCUT2D eigenvalue weighted by Crippen LogP contribution is -2.47. The summed E-state index contributed by atoms with van der Waals surface area (Å²) in [6.07, 6.45) is 4.67. The lowest BCUT2D eigenvalue weighted by Gasteiger charge is -2.34. The van der Waals surface area contributed by atoms with Gasteiger partial charge in [-0.2, -0.15) is 0 Å². The van der Waals surface area contributed by atoms with E-state index in [0.29, 0.717) is 6.54 Å². The molecule has 1 fully saturated rings. The van der Waals surface area contributed by atoms with Crippen LogP contribution in [0.4, 0.5) is 5.95 Å². The number of nitrogens with one attached hydrogen (secondary N) is 2. The second kappa shape index (κ2) is 13.5. The predicted molar refractivity (Wildman–Crippen MR) is 146 cm³/mol. The average Bonchev–Trinajstić information content (AvgIpc) is 2.79. The Kier molecular flexibility index (Phi) is 11.1. The van der Waals surface area contributed by atoms with Crippen molar-refractivity contribution in [2.75, 3.05) is 51.2 Å².